The van der Waals surface area contributed by atoms with E-state index in [0.29, 0.717) is 0 Å². The molecule has 0 spiro atoms. The van der Waals surface area contributed by atoms with Gasteiger partial charge < -0.3 is 9.73 Å². The number of furan rings is 1. The maximum absolute atomic E-state index is 4.99. The molecule has 0 amide bonds. The van der Waals surface area contributed by atoms with Crippen LogP contribution in [0, 0.1) is 0 Å². The zero-order valence-corrected chi connectivity index (χ0v) is 8.76. The van der Waals surface area contributed by atoms with E-state index < -0.39 is 0 Å². The van der Waals surface area contributed by atoms with Gasteiger partial charge in [0.15, 0.2) is 0 Å². The van der Waals surface area contributed by atoms with Crippen molar-refractivity contribution in [3.63, 3.8) is 0 Å². The predicted octanol–water partition coefficient (Wildman–Crippen LogP) is 2.60. The fourth-order valence-electron chi connectivity index (χ4n) is 1.19. The van der Waals surface area contributed by atoms with Crippen molar-refractivity contribution in [1.29, 1.82) is 0 Å². The Kier molecular flexibility index (Phi) is 3.55. The third kappa shape index (κ3) is 4.73. The molecule has 1 heterocycles. The molecule has 0 unspecified atom stereocenters. The first-order chi connectivity index (χ1) is 6.08. The van der Waals surface area contributed by atoms with Gasteiger partial charge in [0.05, 0.1) is 12.5 Å². The molecule has 1 aromatic rings. The minimum absolute atomic E-state index is 0.233. The lowest BCUT2D eigenvalue weighted by Crippen LogP contribution is -2.36. The number of hydrogen-bond acceptors (Lipinski definition) is 2. The Morgan fingerprint density at radius 3 is 2.69 bits per heavy atom. The largest absolute Gasteiger partial charge is 0.472 e. The van der Waals surface area contributed by atoms with Gasteiger partial charge in [0.2, 0.25) is 0 Å². The number of hydrogen-bond donors (Lipinski definition) is 1. The molecule has 74 valence electrons. The van der Waals surface area contributed by atoms with E-state index in [0.717, 1.165) is 19.4 Å². The van der Waals surface area contributed by atoms with Crippen molar-refractivity contribution in [2.75, 3.05) is 6.54 Å². The lowest BCUT2D eigenvalue weighted by molar-refractivity contribution is 0.422. The maximum Gasteiger partial charge on any atom is 0.0934 e. The van der Waals surface area contributed by atoms with Crippen LogP contribution in [-0.2, 0) is 6.42 Å². The molecule has 1 rings (SSSR count). The quantitative estimate of drug-likeness (QED) is 0.722. The highest BCUT2D eigenvalue weighted by molar-refractivity contribution is 5.04. The van der Waals surface area contributed by atoms with Crippen LogP contribution in [0.25, 0.3) is 0 Å². The van der Waals surface area contributed by atoms with E-state index >= 15 is 0 Å². The molecule has 2 nitrogen and oxygen atoms in total. The average molecular weight is 181 g/mol. The SMILES string of the molecule is CC(C)(C)NCCCc1ccoc1. The van der Waals surface area contributed by atoms with E-state index in [1.54, 1.807) is 6.26 Å². The molecule has 1 aromatic heterocycles. The first-order valence-electron chi connectivity index (χ1n) is 4.84. The first-order valence-corrected chi connectivity index (χ1v) is 4.84. The van der Waals surface area contributed by atoms with Crippen LogP contribution in [0.2, 0.25) is 0 Å². The van der Waals surface area contributed by atoms with Crippen LogP contribution in [-0.4, -0.2) is 12.1 Å². The summed E-state index contributed by atoms with van der Waals surface area (Å²) in [7, 11) is 0. The lowest BCUT2D eigenvalue weighted by Gasteiger charge is -2.20. The smallest absolute Gasteiger partial charge is 0.0934 e. The highest BCUT2D eigenvalue weighted by Crippen LogP contribution is 2.04. The lowest BCUT2D eigenvalue weighted by atomic mass is 10.1. The first kappa shape index (κ1) is 10.3. The summed E-state index contributed by atoms with van der Waals surface area (Å²) in [5.41, 5.74) is 1.52. The summed E-state index contributed by atoms with van der Waals surface area (Å²) in [6, 6.07) is 2.02. The summed E-state index contributed by atoms with van der Waals surface area (Å²) >= 11 is 0. The fourth-order valence-corrected chi connectivity index (χ4v) is 1.19. The Bertz CT molecular complexity index is 221. The van der Waals surface area contributed by atoms with Crippen molar-refractivity contribution < 1.29 is 4.42 Å². The second-order valence-corrected chi connectivity index (χ2v) is 4.41. The van der Waals surface area contributed by atoms with Crippen LogP contribution >= 0.6 is 0 Å². The Labute approximate surface area is 80.3 Å². The molecule has 13 heavy (non-hydrogen) atoms. The molecular formula is C11H19NO. The van der Waals surface area contributed by atoms with Gasteiger partial charge in [-0.15, -0.1) is 0 Å². The number of aryl methyl sites for hydroxylation is 1. The Morgan fingerprint density at radius 1 is 1.38 bits per heavy atom. The van der Waals surface area contributed by atoms with Crippen LogP contribution in [0.1, 0.15) is 32.8 Å². The van der Waals surface area contributed by atoms with Crippen molar-refractivity contribution in [3.8, 4) is 0 Å². The average Bonchev–Trinajstić information content (AvgIpc) is 2.48. The van der Waals surface area contributed by atoms with Crippen molar-refractivity contribution >= 4 is 0 Å². The standard InChI is InChI=1S/C11H19NO/c1-11(2,3)12-7-4-5-10-6-8-13-9-10/h6,8-9,12H,4-5,7H2,1-3H3. The van der Waals surface area contributed by atoms with Gasteiger partial charge in [-0.25, -0.2) is 0 Å². The van der Waals surface area contributed by atoms with Crippen LogP contribution in [0.5, 0.6) is 0 Å². The molecule has 0 radical (unpaired) electrons. The van der Waals surface area contributed by atoms with Crippen LogP contribution in [0.3, 0.4) is 0 Å². The minimum atomic E-state index is 0.233. The van der Waals surface area contributed by atoms with Gasteiger partial charge in [-0.2, -0.15) is 0 Å². The van der Waals surface area contributed by atoms with Crippen molar-refractivity contribution in [1.82, 2.24) is 5.32 Å². The molecule has 0 saturated heterocycles. The molecule has 0 fully saturated rings. The van der Waals surface area contributed by atoms with E-state index in [1.165, 1.54) is 5.56 Å². The third-order valence-corrected chi connectivity index (χ3v) is 1.88. The Morgan fingerprint density at radius 2 is 2.15 bits per heavy atom. The zero-order chi connectivity index (χ0) is 9.73. The topological polar surface area (TPSA) is 25.2 Å². The van der Waals surface area contributed by atoms with Crippen molar-refractivity contribution in [3.05, 3.63) is 24.2 Å². The fraction of sp³-hybridized carbons (Fsp3) is 0.636. The normalized spacial score (nSPS) is 11.9. The van der Waals surface area contributed by atoms with Gasteiger partial charge in [-0.3, -0.25) is 0 Å². The highest BCUT2D eigenvalue weighted by Gasteiger charge is 2.07. The van der Waals surface area contributed by atoms with E-state index in [1.807, 2.05) is 12.3 Å². The van der Waals surface area contributed by atoms with Crippen molar-refractivity contribution in [2.45, 2.75) is 39.2 Å². The minimum Gasteiger partial charge on any atom is -0.472 e. The van der Waals surface area contributed by atoms with Gasteiger partial charge in [-0.1, -0.05) is 0 Å². The molecule has 2 heteroatoms. The molecular weight excluding hydrogens is 162 g/mol. The van der Waals surface area contributed by atoms with Crippen molar-refractivity contribution in [2.24, 2.45) is 0 Å². The second-order valence-electron chi connectivity index (χ2n) is 4.41. The van der Waals surface area contributed by atoms with E-state index in [-0.39, 0.29) is 5.54 Å². The summed E-state index contributed by atoms with van der Waals surface area (Å²) in [6.45, 7) is 7.62. The van der Waals surface area contributed by atoms with Crippen LogP contribution in [0.15, 0.2) is 23.0 Å². The maximum atomic E-state index is 4.99. The van der Waals surface area contributed by atoms with Crippen LogP contribution in [0.4, 0.5) is 0 Å². The summed E-state index contributed by atoms with van der Waals surface area (Å²) in [5, 5.41) is 3.45. The van der Waals surface area contributed by atoms with Gasteiger partial charge in [0.25, 0.3) is 0 Å². The van der Waals surface area contributed by atoms with E-state index in [9.17, 15) is 0 Å². The van der Waals surface area contributed by atoms with Crippen LogP contribution < -0.4 is 5.32 Å². The zero-order valence-electron chi connectivity index (χ0n) is 8.76. The molecule has 0 saturated carbocycles. The second kappa shape index (κ2) is 4.47. The summed E-state index contributed by atoms with van der Waals surface area (Å²) in [5.74, 6) is 0. The molecule has 0 aliphatic carbocycles. The van der Waals surface area contributed by atoms with Gasteiger partial charge in [-0.05, 0) is 51.8 Å². The summed E-state index contributed by atoms with van der Waals surface area (Å²) < 4.78 is 4.99. The van der Waals surface area contributed by atoms with Gasteiger partial charge in [0, 0.05) is 5.54 Å². The Hall–Kier alpha value is -0.760. The number of nitrogens with one attached hydrogen (secondary N) is 1. The number of rotatable bonds is 4. The van der Waals surface area contributed by atoms with E-state index in [4.69, 9.17) is 4.42 Å². The van der Waals surface area contributed by atoms with Gasteiger partial charge in [0.1, 0.15) is 0 Å². The molecule has 0 bridgehead atoms. The molecule has 0 aromatic carbocycles. The Balaban J connectivity index is 2.09. The molecule has 0 aliphatic heterocycles. The molecule has 1 N–H and O–H groups in total. The third-order valence-electron chi connectivity index (χ3n) is 1.88. The predicted molar refractivity (Wildman–Crippen MR) is 54.8 cm³/mol. The van der Waals surface area contributed by atoms with E-state index in [2.05, 4.69) is 26.1 Å². The summed E-state index contributed by atoms with van der Waals surface area (Å²) in [6.07, 6.45) is 5.81. The highest BCUT2D eigenvalue weighted by atomic mass is 16.3. The van der Waals surface area contributed by atoms with Gasteiger partial charge >= 0.3 is 0 Å². The molecule has 0 atom stereocenters. The molecule has 0 aliphatic rings. The summed E-state index contributed by atoms with van der Waals surface area (Å²) in [4.78, 5) is 0. The monoisotopic (exact) mass is 181 g/mol.